The first-order valence-corrected chi connectivity index (χ1v) is 14.5. The van der Waals surface area contributed by atoms with Crippen LogP contribution in [0.2, 0.25) is 0 Å². The molecule has 0 N–H and O–H groups in total. The summed E-state index contributed by atoms with van der Waals surface area (Å²) in [4.78, 5) is 11.6. The van der Waals surface area contributed by atoms with Crippen molar-refractivity contribution in [2.24, 2.45) is 0 Å². The van der Waals surface area contributed by atoms with Crippen molar-refractivity contribution in [2.45, 2.75) is 50.6 Å². The van der Waals surface area contributed by atoms with Crippen LogP contribution in [0.5, 0.6) is 5.88 Å². The molecule has 2 atom stereocenters. The predicted molar refractivity (Wildman–Crippen MR) is 139 cm³/mol. The van der Waals surface area contributed by atoms with Gasteiger partial charge in [0.2, 0.25) is 15.9 Å². The lowest BCUT2D eigenvalue weighted by atomic mass is 10.2. The fraction of sp³-hybridized carbons (Fsp3) is 0.545. The van der Waals surface area contributed by atoms with Crippen LogP contribution in [0.4, 0.5) is 0 Å². The minimum Gasteiger partial charge on any atom is -0.472 e. The molecule has 1 saturated carbocycles. The SMILES string of the molecule is CC(I)(I)c1cccc(S(=O)(=O)N2CCN3C[C@H](Oc4cnc(C5CC5)cn4)C[C@H]3C2)c1. The van der Waals surface area contributed by atoms with Gasteiger partial charge >= 0.3 is 0 Å². The number of rotatable bonds is 6. The number of piperazine rings is 1. The highest BCUT2D eigenvalue weighted by Crippen LogP contribution is 2.40. The molecule has 0 amide bonds. The monoisotopic (exact) mass is 680 g/mol. The zero-order chi connectivity index (χ0) is 22.5. The Morgan fingerprint density at radius 1 is 1.12 bits per heavy atom. The summed E-state index contributed by atoms with van der Waals surface area (Å²) in [5, 5.41) is 0. The minimum atomic E-state index is -3.53. The fourth-order valence-electron chi connectivity index (χ4n) is 4.50. The smallest absolute Gasteiger partial charge is 0.243 e. The van der Waals surface area contributed by atoms with E-state index in [-0.39, 0.29) is 13.6 Å². The highest BCUT2D eigenvalue weighted by atomic mass is 127. The fourth-order valence-corrected chi connectivity index (χ4v) is 6.68. The third-order valence-electron chi connectivity index (χ3n) is 6.45. The maximum absolute atomic E-state index is 13.4. The number of alkyl halides is 2. The summed E-state index contributed by atoms with van der Waals surface area (Å²) in [6.45, 7) is 4.57. The van der Waals surface area contributed by atoms with Gasteiger partial charge in [0.1, 0.15) is 6.10 Å². The largest absolute Gasteiger partial charge is 0.472 e. The Hall–Kier alpha value is -0.570. The minimum absolute atomic E-state index is 0.00538. The molecule has 2 aliphatic heterocycles. The van der Waals surface area contributed by atoms with Gasteiger partial charge in [-0.2, -0.15) is 4.31 Å². The summed E-state index contributed by atoms with van der Waals surface area (Å²) in [6.07, 6.45) is 6.75. The van der Waals surface area contributed by atoms with Crippen LogP contribution in [-0.2, 0) is 11.5 Å². The summed E-state index contributed by atoms with van der Waals surface area (Å²) in [5.74, 6) is 1.13. The maximum Gasteiger partial charge on any atom is 0.243 e. The Kier molecular flexibility index (Phi) is 6.45. The molecule has 5 rings (SSSR count). The highest BCUT2D eigenvalue weighted by molar-refractivity contribution is 14.2. The van der Waals surface area contributed by atoms with Crippen molar-refractivity contribution >= 4 is 55.2 Å². The van der Waals surface area contributed by atoms with Gasteiger partial charge in [-0.15, -0.1) is 0 Å². The number of aromatic nitrogens is 2. The van der Waals surface area contributed by atoms with Gasteiger partial charge in [-0.25, -0.2) is 13.4 Å². The van der Waals surface area contributed by atoms with Crippen molar-refractivity contribution in [1.82, 2.24) is 19.2 Å². The molecule has 3 heterocycles. The van der Waals surface area contributed by atoms with Crippen LogP contribution in [0.1, 0.15) is 43.4 Å². The number of nitrogens with zero attached hydrogens (tertiary/aromatic N) is 4. The van der Waals surface area contributed by atoms with Crippen LogP contribution in [0.15, 0.2) is 41.6 Å². The average Bonchev–Trinajstić information content (AvgIpc) is 3.53. The summed E-state index contributed by atoms with van der Waals surface area (Å²) in [5.41, 5.74) is 2.05. The number of sulfonamides is 1. The molecule has 0 bridgehead atoms. The second kappa shape index (κ2) is 8.90. The van der Waals surface area contributed by atoms with Crippen LogP contribution >= 0.6 is 45.2 Å². The van der Waals surface area contributed by atoms with E-state index in [1.54, 1.807) is 16.6 Å². The first-order valence-electron chi connectivity index (χ1n) is 10.9. The molecule has 0 spiro atoms. The van der Waals surface area contributed by atoms with Gasteiger partial charge in [-0.3, -0.25) is 9.88 Å². The summed E-state index contributed by atoms with van der Waals surface area (Å²) in [6, 6.07) is 7.49. The molecule has 10 heteroatoms. The van der Waals surface area contributed by atoms with Gasteiger partial charge < -0.3 is 4.74 Å². The van der Waals surface area contributed by atoms with Crippen molar-refractivity contribution in [2.75, 3.05) is 26.2 Å². The van der Waals surface area contributed by atoms with E-state index in [1.807, 2.05) is 24.4 Å². The van der Waals surface area contributed by atoms with Crippen molar-refractivity contribution in [1.29, 1.82) is 0 Å². The van der Waals surface area contributed by atoms with Crippen molar-refractivity contribution in [3.8, 4) is 5.88 Å². The van der Waals surface area contributed by atoms with E-state index in [2.05, 4.69) is 67.0 Å². The quantitative estimate of drug-likeness (QED) is 0.341. The van der Waals surface area contributed by atoms with Crippen LogP contribution in [0.3, 0.4) is 0 Å². The normalized spacial score (nSPS) is 25.0. The van der Waals surface area contributed by atoms with E-state index in [1.165, 1.54) is 12.8 Å². The van der Waals surface area contributed by atoms with Crippen molar-refractivity contribution in [3.05, 3.63) is 47.9 Å². The lowest BCUT2D eigenvalue weighted by molar-refractivity contribution is 0.151. The number of benzene rings is 1. The Balaban J connectivity index is 1.24. The molecular weight excluding hydrogens is 654 g/mol. The topological polar surface area (TPSA) is 75.6 Å². The number of hydrogen-bond donors (Lipinski definition) is 0. The molecule has 1 aliphatic carbocycles. The van der Waals surface area contributed by atoms with Crippen LogP contribution < -0.4 is 4.74 Å². The van der Waals surface area contributed by atoms with E-state index in [0.29, 0.717) is 36.3 Å². The van der Waals surface area contributed by atoms with Gasteiger partial charge in [-0.05, 0) is 37.5 Å². The van der Waals surface area contributed by atoms with Gasteiger partial charge in [0.15, 0.2) is 0 Å². The van der Waals surface area contributed by atoms with Gasteiger partial charge in [0.05, 0.1) is 24.4 Å². The predicted octanol–water partition coefficient (Wildman–Crippen LogP) is 3.92. The second-order valence-electron chi connectivity index (χ2n) is 8.96. The highest BCUT2D eigenvalue weighted by Gasteiger charge is 2.41. The molecule has 32 heavy (non-hydrogen) atoms. The first-order chi connectivity index (χ1) is 15.2. The Morgan fingerprint density at radius 2 is 1.94 bits per heavy atom. The van der Waals surface area contributed by atoms with Crippen molar-refractivity contribution in [3.63, 3.8) is 0 Å². The van der Waals surface area contributed by atoms with Gasteiger partial charge in [0, 0.05) is 44.6 Å². The molecule has 1 aromatic carbocycles. The molecule has 0 radical (unpaired) electrons. The van der Waals surface area contributed by atoms with E-state index in [4.69, 9.17) is 4.74 Å². The lowest BCUT2D eigenvalue weighted by Crippen LogP contribution is -2.51. The number of ether oxygens (including phenoxy) is 1. The maximum atomic E-state index is 13.4. The average molecular weight is 680 g/mol. The molecular formula is C22H26I2N4O3S. The van der Waals surface area contributed by atoms with Gasteiger partial charge in [0.25, 0.3) is 0 Å². The van der Waals surface area contributed by atoms with E-state index in [0.717, 1.165) is 24.2 Å². The van der Waals surface area contributed by atoms with Crippen LogP contribution in [0.25, 0.3) is 0 Å². The number of hydrogen-bond acceptors (Lipinski definition) is 6. The Morgan fingerprint density at radius 3 is 2.62 bits per heavy atom. The molecule has 2 saturated heterocycles. The van der Waals surface area contributed by atoms with Crippen molar-refractivity contribution < 1.29 is 13.2 Å². The number of halogens is 2. The zero-order valence-electron chi connectivity index (χ0n) is 17.8. The Bertz CT molecular complexity index is 1090. The van der Waals surface area contributed by atoms with E-state index in [9.17, 15) is 8.42 Å². The van der Waals surface area contributed by atoms with Crippen LogP contribution in [0, 0.1) is 0 Å². The Labute approximate surface area is 216 Å². The first kappa shape index (κ1) is 23.2. The molecule has 3 aliphatic rings. The summed E-state index contributed by atoms with van der Waals surface area (Å²) >= 11 is 4.66. The second-order valence-corrected chi connectivity index (χ2v) is 17.3. The molecule has 7 nitrogen and oxygen atoms in total. The van der Waals surface area contributed by atoms with Crippen LogP contribution in [-0.4, -0.2) is 65.9 Å². The number of fused-ring (bicyclic) bond motifs is 1. The zero-order valence-corrected chi connectivity index (χ0v) is 23.0. The molecule has 172 valence electrons. The van der Waals surface area contributed by atoms with E-state index < -0.39 is 10.0 Å². The summed E-state index contributed by atoms with van der Waals surface area (Å²) < 4.78 is 34.3. The summed E-state index contributed by atoms with van der Waals surface area (Å²) in [7, 11) is -3.53. The lowest BCUT2D eigenvalue weighted by Gasteiger charge is -2.36. The molecule has 2 aromatic rings. The molecule has 0 unspecified atom stereocenters. The standard InChI is InChI=1S/C22H26I2N4O3S/c1-22(23,24)16-3-2-4-19(9-16)32(29,30)28-8-7-27-14-18(10-17(27)13-28)31-21-12-25-20(11-26-21)15-5-6-15/h2-4,9,11-12,15,17-18H,5-8,10,13-14H2,1H3/t17-,18+/m0/s1. The third-order valence-corrected chi connectivity index (χ3v) is 9.56. The third kappa shape index (κ3) is 4.93. The molecule has 3 fully saturated rings. The van der Waals surface area contributed by atoms with Gasteiger partial charge in [-0.1, -0.05) is 57.3 Å². The van der Waals surface area contributed by atoms with E-state index >= 15 is 0 Å². The molecule has 1 aromatic heterocycles.